The van der Waals surface area contributed by atoms with Gasteiger partial charge in [-0.3, -0.25) is 9.59 Å². The van der Waals surface area contributed by atoms with Crippen LogP contribution in [0.4, 0.5) is 0 Å². The first-order valence-corrected chi connectivity index (χ1v) is 5.55. The molecule has 1 atom stereocenters. The van der Waals surface area contributed by atoms with E-state index >= 15 is 0 Å². The van der Waals surface area contributed by atoms with E-state index in [4.69, 9.17) is 5.73 Å². The van der Waals surface area contributed by atoms with Crippen molar-refractivity contribution in [3.63, 3.8) is 0 Å². The number of rotatable bonds is 3. The molecule has 0 aliphatic carbocycles. The normalized spacial score (nSPS) is 22.0. The van der Waals surface area contributed by atoms with Gasteiger partial charge in [-0.05, 0) is 13.3 Å². The van der Waals surface area contributed by atoms with Crippen LogP contribution in [0.1, 0.15) is 20.3 Å². The lowest BCUT2D eigenvalue weighted by molar-refractivity contribution is -0.137. The van der Waals surface area contributed by atoms with Gasteiger partial charge < -0.3 is 16.0 Å². The number of carbonyl (C=O) groups excluding carboxylic acids is 2. The molecule has 0 saturated carbocycles. The van der Waals surface area contributed by atoms with Crippen LogP contribution in [0.5, 0.6) is 0 Å². The van der Waals surface area contributed by atoms with E-state index in [1.807, 2.05) is 13.0 Å². The molecule has 5 nitrogen and oxygen atoms in total. The van der Waals surface area contributed by atoms with Crippen molar-refractivity contribution in [2.75, 3.05) is 19.6 Å². The van der Waals surface area contributed by atoms with Crippen LogP contribution < -0.4 is 11.1 Å². The first-order valence-electron chi connectivity index (χ1n) is 5.55. The highest BCUT2D eigenvalue weighted by Gasteiger charge is 2.30. The van der Waals surface area contributed by atoms with Gasteiger partial charge in [-0.1, -0.05) is 13.0 Å². The van der Waals surface area contributed by atoms with Crippen LogP contribution in [-0.2, 0) is 9.59 Å². The van der Waals surface area contributed by atoms with Gasteiger partial charge in [-0.25, -0.2) is 0 Å². The number of nitrogens with zero attached hydrogens (tertiary/aromatic N) is 1. The van der Waals surface area contributed by atoms with E-state index in [9.17, 15) is 9.59 Å². The summed E-state index contributed by atoms with van der Waals surface area (Å²) in [5.41, 5.74) is 5.95. The van der Waals surface area contributed by atoms with E-state index in [1.165, 1.54) is 0 Å². The van der Waals surface area contributed by atoms with Gasteiger partial charge in [0.05, 0.1) is 0 Å². The zero-order valence-corrected chi connectivity index (χ0v) is 9.82. The Bertz CT molecular complexity index is 312. The highest BCUT2D eigenvalue weighted by molar-refractivity contribution is 5.96. The first kappa shape index (κ1) is 12.7. The van der Waals surface area contributed by atoms with Gasteiger partial charge in [0.1, 0.15) is 6.04 Å². The lowest BCUT2D eigenvalue weighted by atomic mass is 10.1. The number of primary amides is 1. The number of nitrogens with two attached hydrogens (primary N) is 1. The van der Waals surface area contributed by atoms with Crippen LogP contribution in [0.25, 0.3) is 0 Å². The van der Waals surface area contributed by atoms with Crippen molar-refractivity contribution in [1.29, 1.82) is 0 Å². The fourth-order valence-corrected chi connectivity index (χ4v) is 1.82. The molecule has 3 N–H and O–H groups in total. The van der Waals surface area contributed by atoms with Gasteiger partial charge in [0.2, 0.25) is 11.8 Å². The SMILES string of the molecule is CCC=C(C)C(=O)N1CCNCC1C(N)=O. The number of allylic oxidation sites excluding steroid dienone is 1. The number of hydrogen-bond donors (Lipinski definition) is 2. The molecule has 0 radical (unpaired) electrons. The molecule has 1 saturated heterocycles. The third kappa shape index (κ3) is 2.82. The Labute approximate surface area is 95.7 Å². The minimum atomic E-state index is -0.526. The Hall–Kier alpha value is -1.36. The average molecular weight is 225 g/mol. The van der Waals surface area contributed by atoms with Crippen molar-refractivity contribution in [2.45, 2.75) is 26.3 Å². The number of hydrogen-bond acceptors (Lipinski definition) is 3. The maximum Gasteiger partial charge on any atom is 0.249 e. The van der Waals surface area contributed by atoms with Crippen LogP contribution in [0.15, 0.2) is 11.6 Å². The Kier molecular flexibility index (Phi) is 4.49. The lowest BCUT2D eigenvalue weighted by Gasteiger charge is -2.34. The molecular formula is C11H19N3O2. The molecule has 1 aliphatic heterocycles. The summed E-state index contributed by atoms with van der Waals surface area (Å²) in [5, 5.41) is 3.06. The van der Waals surface area contributed by atoms with Crippen LogP contribution >= 0.6 is 0 Å². The minimum absolute atomic E-state index is 0.0906. The number of amides is 2. The summed E-state index contributed by atoms with van der Waals surface area (Å²) in [5.74, 6) is -0.544. The molecular weight excluding hydrogens is 206 g/mol. The molecule has 1 fully saturated rings. The molecule has 1 rings (SSSR count). The van der Waals surface area contributed by atoms with Crippen molar-refractivity contribution in [2.24, 2.45) is 5.73 Å². The van der Waals surface area contributed by atoms with E-state index in [-0.39, 0.29) is 5.91 Å². The third-order valence-corrected chi connectivity index (χ3v) is 2.68. The smallest absolute Gasteiger partial charge is 0.249 e. The zero-order chi connectivity index (χ0) is 12.1. The quantitative estimate of drug-likeness (QED) is 0.643. The lowest BCUT2D eigenvalue weighted by Crippen LogP contribution is -2.58. The fourth-order valence-electron chi connectivity index (χ4n) is 1.82. The van der Waals surface area contributed by atoms with E-state index in [1.54, 1.807) is 11.8 Å². The Morgan fingerprint density at radius 2 is 2.25 bits per heavy atom. The molecule has 1 aliphatic rings. The summed E-state index contributed by atoms with van der Waals surface area (Å²) >= 11 is 0. The van der Waals surface area contributed by atoms with Gasteiger partial charge in [0.25, 0.3) is 0 Å². The highest BCUT2D eigenvalue weighted by Crippen LogP contribution is 2.09. The molecule has 0 aromatic heterocycles. The summed E-state index contributed by atoms with van der Waals surface area (Å²) < 4.78 is 0. The van der Waals surface area contributed by atoms with Crippen LogP contribution in [0.3, 0.4) is 0 Å². The van der Waals surface area contributed by atoms with Gasteiger partial charge in [-0.15, -0.1) is 0 Å². The molecule has 90 valence electrons. The van der Waals surface area contributed by atoms with Crippen LogP contribution in [-0.4, -0.2) is 42.4 Å². The number of nitrogens with one attached hydrogen (secondary N) is 1. The molecule has 1 unspecified atom stereocenters. The topological polar surface area (TPSA) is 75.4 Å². The average Bonchev–Trinajstić information content (AvgIpc) is 2.28. The monoisotopic (exact) mass is 225 g/mol. The second kappa shape index (κ2) is 5.65. The third-order valence-electron chi connectivity index (χ3n) is 2.68. The molecule has 0 spiro atoms. The van der Waals surface area contributed by atoms with Crippen LogP contribution in [0.2, 0.25) is 0 Å². The maximum absolute atomic E-state index is 12.0. The largest absolute Gasteiger partial charge is 0.368 e. The molecule has 16 heavy (non-hydrogen) atoms. The van der Waals surface area contributed by atoms with E-state index < -0.39 is 11.9 Å². The maximum atomic E-state index is 12.0. The van der Waals surface area contributed by atoms with Crippen LogP contribution in [0, 0.1) is 0 Å². The van der Waals surface area contributed by atoms with Gasteiger partial charge in [0.15, 0.2) is 0 Å². The summed E-state index contributed by atoms with van der Waals surface area (Å²) in [4.78, 5) is 24.8. The Balaban J connectivity index is 2.79. The van der Waals surface area contributed by atoms with Gasteiger partial charge >= 0.3 is 0 Å². The molecule has 2 amide bonds. The van der Waals surface area contributed by atoms with Crippen molar-refractivity contribution < 1.29 is 9.59 Å². The second-order valence-electron chi connectivity index (χ2n) is 3.92. The van der Waals surface area contributed by atoms with E-state index in [0.717, 1.165) is 6.42 Å². The van der Waals surface area contributed by atoms with Crippen molar-refractivity contribution in [3.05, 3.63) is 11.6 Å². The van der Waals surface area contributed by atoms with Crippen molar-refractivity contribution >= 4 is 11.8 Å². The zero-order valence-electron chi connectivity index (χ0n) is 9.82. The van der Waals surface area contributed by atoms with E-state index in [2.05, 4.69) is 5.32 Å². The number of piperazine rings is 1. The first-order chi connectivity index (χ1) is 7.57. The van der Waals surface area contributed by atoms with Crippen molar-refractivity contribution in [3.8, 4) is 0 Å². The molecule has 0 aromatic rings. The van der Waals surface area contributed by atoms with E-state index in [0.29, 0.717) is 25.2 Å². The standard InChI is InChI=1S/C11H19N3O2/c1-3-4-8(2)11(16)14-6-5-13-7-9(14)10(12)15/h4,9,13H,3,5-7H2,1-2H3,(H2,12,15). The Morgan fingerprint density at radius 3 is 2.81 bits per heavy atom. The minimum Gasteiger partial charge on any atom is -0.368 e. The van der Waals surface area contributed by atoms with Crippen molar-refractivity contribution in [1.82, 2.24) is 10.2 Å². The predicted octanol–water partition coefficient (Wildman–Crippen LogP) is -0.372. The predicted molar refractivity (Wildman–Crippen MR) is 61.6 cm³/mol. The summed E-state index contributed by atoms with van der Waals surface area (Å²) in [6.07, 6.45) is 2.67. The summed E-state index contributed by atoms with van der Waals surface area (Å²) in [7, 11) is 0. The second-order valence-corrected chi connectivity index (χ2v) is 3.92. The Morgan fingerprint density at radius 1 is 1.56 bits per heavy atom. The summed E-state index contributed by atoms with van der Waals surface area (Å²) in [6.45, 7) is 5.42. The molecule has 5 heteroatoms. The summed E-state index contributed by atoms with van der Waals surface area (Å²) in [6, 6.07) is -0.526. The fraction of sp³-hybridized carbons (Fsp3) is 0.636. The van der Waals surface area contributed by atoms with Gasteiger partial charge in [0, 0.05) is 25.2 Å². The molecule has 1 heterocycles. The molecule has 0 aromatic carbocycles. The highest BCUT2D eigenvalue weighted by atomic mass is 16.2. The van der Waals surface area contributed by atoms with Gasteiger partial charge in [-0.2, -0.15) is 0 Å². The molecule has 0 bridgehead atoms. The number of carbonyl (C=O) groups is 2.